The number of rotatable bonds is 8. The van der Waals surface area contributed by atoms with Crippen LogP contribution in [0.2, 0.25) is 0 Å². The molecule has 0 aliphatic carbocycles. The Morgan fingerprint density at radius 2 is 1.93 bits per heavy atom. The lowest BCUT2D eigenvalue weighted by Crippen LogP contribution is -2.33. The summed E-state index contributed by atoms with van der Waals surface area (Å²) in [5.74, 6) is 0.532. The van der Waals surface area contributed by atoms with Gasteiger partial charge in [0.2, 0.25) is 5.91 Å². The van der Waals surface area contributed by atoms with Crippen molar-refractivity contribution in [2.45, 2.75) is 23.2 Å². The number of imidazole rings is 1. The molecule has 0 bridgehead atoms. The molecule has 0 saturated carbocycles. The predicted octanol–water partition coefficient (Wildman–Crippen LogP) is 1.17. The third-order valence-corrected chi connectivity index (χ3v) is 6.72. The summed E-state index contributed by atoms with van der Waals surface area (Å²) in [6.07, 6.45) is 1.72. The second-order valence-electron chi connectivity index (χ2n) is 6.74. The van der Waals surface area contributed by atoms with Crippen LogP contribution in [0.15, 0.2) is 47.4 Å². The number of nitrogens with two attached hydrogens (primary N) is 1. The molecular formula is C19H21N3O6S2. The van der Waals surface area contributed by atoms with E-state index in [-0.39, 0.29) is 17.9 Å². The number of benzene rings is 2. The van der Waals surface area contributed by atoms with Gasteiger partial charge in [0.1, 0.15) is 23.4 Å². The van der Waals surface area contributed by atoms with Crippen molar-refractivity contribution in [3.8, 4) is 5.75 Å². The van der Waals surface area contributed by atoms with Crippen LogP contribution in [-0.2, 0) is 45.8 Å². The van der Waals surface area contributed by atoms with Gasteiger partial charge in [-0.2, -0.15) is 8.42 Å². The summed E-state index contributed by atoms with van der Waals surface area (Å²) in [5, 5.41) is -0.746. The SMILES string of the molecule is Cn1c(COc2ccc(CC(C(N)=O)S(C)=O)cc2)nc2ccc(S(=O)(=O)O)cc21. The maximum atomic E-state index is 11.6. The third kappa shape index (κ3) is 4.86. The van der Waals surface area contributed by atoms with Gasteiger partial charge in [0.25, 0.3) is 10.1 Å². The van der Waals surface area contributed by atoms with Crippen molar-refractivity contribution < 1.29 is 26.7 Å². The van der Waals surface area contributed by atoms with E-state index in [0.717, 1.165) is 5.56 Å². The summed E-state index contributed by atoms with van der Waals surface area (Å²) in [7, 11) is -3.93. The minimum atomic E-state index is -4.30. The van der Waals surface area contributed by atoms with Gasteiger partial charge in [0.05, 0.1) is 15.9 Å². The first-order chi connectivity index (χ1) is 14.1. The highest BCUT2D eigenvalue weighted by Gasteiger charge is 2.20. The van der Waals surface area contributed by atoms with Crippen molar-refractivity contribution in [1.82, 2.24) is 9.55 Å². The standard InChI is InChI=1S/C19H21N3O6S2/c1-22-16-10-14(30(25,26)27)7-8-15(16)21-18(22)11-28-13-5-3-12(4-6-13)9-17(19(20)23)29(2)24/h3-8,10,17H,9,11H2,1-2H3,(H2,20,23)(H,25,26,27). The second-order valence-corrected chi connectivity index (χ2v) is 9.73. The van der Waals surface area contributed by atoms with E-state index >= 15 is 0 Å². The normalized spacial score (nSPS) is 13.8. The smallest absolute Gasteiger partial charge is 0.294 e. The Kier molecular flexibility index (Phi) is 6.25. The third-order valence-electron chi connectivity index (χ3n) is 4.67. The average molecular weight is 452 g/mol. The van der Waals surface area contributed by atoms with E-state index < -0.39 is 32.1 Å². The highest BCUT2D eigenvalue weighted by atomic mass is 32.2. The summed E-state index contributed by atoms with van der Waals surface area (Å²) in [4.78, 5) is 15.6. The largest absolute Gasteiger partial charge is 0.486 e. The van der Waals surface area contributed by atoms with Gasteiger partial charge in [-0.3, -0.25) is 13.6 Å². The Morgan fingerprint density at radius 1 is 1.27 bits per heavy atom. The Morgan fingerprint density at radius 3 is 2.50 bits per heavy atom. The number of aryl methyl sites for hydroxylation is 1. The fourth-order valence-electron chi connectivity index (χ4n) is 2.97. The molecule has 1 aromatic heterocycles. The fourth-order valence-corrected chi connectivity index (χ4v) is 4.23. The van der Waals surface area contributed by atoms with Gasteiger partial charge in [-0.15, -0.1) is 0 Å². The molecule has 160 valence electrons. The van der Waals surface area contributed by atoms with Crippen LogP contribution in [0, 0.1) is 0 Å². The first-order valence-corrected chi connectivity index (χ1v) is 11.9. The fraction of sp³-hybridized carbons (Fsp3) is 0.263. The van der Waals surface area contributed by atoms with E-state index in [0.29, 0.717) is 22.6 Å². The van der Waals surface area contributed by atoms with Crippen LogP contribution in [-0.4, -0.2) is 44.1 Å². The molecule has 2 atom stereocenters. The lowest BCUT2D eigenvalue weighted by Gasteiger charge is -2.11. The van der Waals surface area contributed by atoms with Crippen LogP contribution in [0.5, 0.6) is 5.75 Å². The molecule has 2 unspecified atom stereocenters. The van der Waals surface area contributed by atoms with Crippen LogP contribution in [0.25, 0.3) is 11.0 Å². The monoisotopic (exact) mass is 451 g/mol. The molecule has 0 radical (unpaired) electrons. The van der Waals surface area contributed by atoms with Crippen LogP contribution in [0.4, 0.5) is 0 Å². The van der Waals surface area contributed by atoms with Gasteiger partial charge < -0.3 is 15.0 Å². The summed E-state index contributed by atoms with van der Waals surface area (Å²) in [6, 6.07) is 11.1. The van der Waals surface area contributed by atoms with Gasteiger partial charge >= 0.3 is 0 Å². The molecule has 0 aliphatic rings. The molecule has 1 amide bonds. The van der Waals surface area contributed by atoms with Crippen molar-refractivity contribution in [3.63, 3.8) is 0 Å². The molecule has 1 heterocycles. The highest BCUT2D eigenvalue weighted by Crippen LogP contribution is 2.21. The first kappa shape index (κ1) is 21.9. The molecular weight excluding hydrogens is 430 g/mol. The quantitative estimate of drug-likeness (QED) is 0.490. The number of carbonyl (C=O) groups excluding carboxylic acids is 1. The molecule has 3 aromatic rings. The molecule has 0 spiro atoms. The van der Waals surface area contributed by atoms with E-state index in [2.05, 4.69) is 4.98 Å². The number of fused-ring (bicyclic) bond motifs is 1. The van der Waals surface area contributed by atoms with Gasteiger partial charge in [0, 0.05) is 24.1 Å². The second kappa shape index (κ2) is 8.54. The summed E-state index contributed by atoms with van der Waals surface area (Å²) in [5.41, 5.74) is 7.22. The zero-order valence-electron chi connectivity index (χ0n) is 16.3. The van der Waals surface area contributed by atoms with E-state index in [4.69, 9.17) is 10.5 Å². The average Bonchev–Trinajstić information content (AvgIpc) is 2.99. The predicted molar refractivity (Wildman–Crippen MR) is 112 cm³/mol. The number of ether oxygens (including phenoxy) is 1. The molecule has 3 rings (SSSR count). The lowest BCUT2D eigenvalue weighted by molar-refractivity contribution is -0.117. The van der Waals surface area contributed by atoms with Gasteiger partial charge in [0.15, 0.2) is 0 Å². The Bertz CT molecular complexity index is 1210. The Labute approximate surface area is 176 Å². The molecule has 9 nitrogen and oxygen atoms in total. The Balaban J connectivity index is 1.72. The lowest BCUT2D eigenvalue weighted by atomic mass is 10.1. The molecule has 0 fully saturated rings. The Hall–Kier alpha value is -2.76. The van der Waals surface area contributed by atoms with Gasteiger partial charge in [-0.1, -0.05) is 12.1 Å². The first-order valence-electron chi connectivity index (χ1n) is 8.82. The van der Waals surface area contributed by atoms with Crippen molar-refractivity contribution in [3.05, 3.63) is 53.9 Å². The van der Waals surface area contributed by atoms with E-state index in [1.54, 1.807) is 35.9 Å². The number of hydrogen-bond donors (Lipinski definition) is 2. The number of nitrogens with zero attached hydrogens (tertiary/aromatic N) is 2. The van der Waals surface area contributed by atoms with Gasteiger partial charge in [-0.05, 0) is 42.3 Å². The number of aromatic nitrogens is 2. The molecule has 11 heteroatoms. The minimum Gasteiger partial charge on any atom is -0.486 e. The summed E-state index contributed by atoms with van der Waals surface area (Å²) in [6.45, 7) is 0.134. The molecule has 0 aliphatic heterocycles. The molecule has 3 N–H and O–H groups in total. The van der Waals surface area contributed by atoms with Crippen LogP contribution in [0.3, 0.4) is 0 Å². The zero-order chi connectivity index (χ0) is 22.1. The minimum absolute atomic E-state index is 0.134. The molecule has 0 saturated heterocycles. The van der Waals surface area contributed by atoms with Crippen molar-refractivity contribution in [2.75, 3.05) is 6.26 Å². The highest BCUT2D eigenvalue weighted by molar-refractivity contribution is 7.86. The molecule has 2 aromatic carbocycles. The van der Waals surface area contributed by atoms with E-state index in [1.807, 2.05) is 0 Å². The maximum absolute atomic E-state index is 11.6. The number of carbonyl (C=O) groups is 1. The summed E-state index contributed by atoms with van der Waals surface area (Å²) >= 11 is 0. The van der Waals surface area contributed by atoms with E-state index in [1.165, 1.54) is 24.5 Å². The van der Waals surface area contributed by atoms with Crippen molar-refractivity contribution in [2.24, 2.45) is 12.8 Å². The summed E-state index contributed by atoms with van der Waals surface area (Å²) < 4.78 is 50.9. The van der Waals surface area contributed by atoms with Crippen LogP contribution in [0.1, 0.15) is 11.4 Å². The number of amides is 1. The van der Waals surface area contributed by atoms with Gasteiger partial charge in [-0.25, -0.2) is 4.98 Å². The van der Waals surface area contributed by atoms with Crippen LogP contribution < -0.4 is 10.5 Å². The topological polar surface area (TPSA) is 142 Å². The van der Waals surface area contributed by atoms with Crippen molar-refractivity contribution in [1.29, 1.82) is 0 Å². The zero-order valence-corrected chi connectivity index (χ0v) is 17.9. The van der Waals surface area contributed by atoms with Crippen LogP contribution >= 0.6 is 0 Å². The number of hydrogen-bond acceptors (Lipinski definition) is 6. The maximum Gasteiger partial charge on any atom is 0.294 e. The molecule has 30 heavy (non-hydrogen) atoms. The number of primary amides is 1. The van der Waals surface area contributed by atoms with E-state index in [9.17, 15) is 22.0 Å². The van der Waals surface area contributed by atoms with Crippen molar-refractivity contribution >= 4 is 37.9 Å².